The monoisotopic (exact) mass is 495 g/mol. The highest BCUT2D eigenvalue weighted by atomic mass is 127. The van der Waals surface area contributed by atoms with Crippen molar-refractivity contribution in [1.82, 2.24) is 10.6 Å². The number of nitrogens with one attached hydrogen (secondary N) is 2. The van der Waals surface area contributed by atoms with E-state index in [4.69, 9.17) is 0 Å². The highest BCUT2D eigenvalue weighted by Gasteiger charge is 2.46. The third-order valence-corrected chi connectivity index (χ3v) is 6.40. The van der Waals surface area contributed by atoms with Gasteiger partial charge in [-0.3, -0.25) is 4.99 Å². The number of halogens is 2. The van der Waals surface area contributed by atoms with Crippen molar-refractivity contribution in [3.63, 3.8) is 0 Å². The van der Waals surface area contributed by atoms with Gasteiger partial charge in [-0.1, -0.05) is 12.1 Å². The van der Waals surface area contributed by atoms with Crippen molar-refractivity contribution >= 4 is 39.8 Å². The van der Waals surface area contributed by atoms with E-state index >= 15 is 0 Å². The lowest BCUT2D eigenvalue weighted by Crippen LogP contribution is -2.44. The summed E-state index contributed by atoms with van der Waals surface area (Å²) in [5, 5.41) is 6.58. The molecule has 0 atom stereocenters. The number of nitrogens with zero attached hydrogens (tertiary/aromatic N) is 1. The van der Waals surface area contributed by atoms with E-state index in [-0.39, 0.29) is 46.4 Å². The van der Waals surface area contributed by atoms with Crippen molar-refractivity contribution in [2.45, 2.75) is 31.1 Å². The SMILES string of the molecule is CN=C(NCC1(CS(C)(=O)=O)CC1)NCC1(c2cccc(F)c2)CC1.I. The average Bonchev–Trinajstić information content (AvgIpc) is 3.44. The Labute approximate surface area is 172 Å². The zero-order chi connectivity index (χ0) is 18.1. The highest BCUT2D eigenvalue weighted by molar-refractivity contribution is 14.0. The molecule has 0 amide bonds. The molecule has 1 aromatic rings. The summed E-state index contributed by atoms with van der Waals surface area (Å²) in [4.78, 5) is 4.23. The van der Waals surface area contributed by atoms with Crippen LogP contribution in [0.5, 0.6) is 0 Å². The molecule has 1 aromatic carbocycles. The van der Waals surface area contributed by atoms with Crippen molar-refractivity contribution in [3.05, 3.63) is 35.6 Å². The van der Waals surface area contributed by atoms with Crippen LogP contribution in [0.4, 0.5) is 4.39 Å². The fraction of sp³-hybridized carbons (Fsp3) is 0.611. The number of sulfone groups is 1. The Morgan fingerprint density at radius 1 is 1.19 bits per heavy atom. The van der Waals surface area contributed by atoms with Gasteiger partial charge in [0.1, 0.15) is 15.7 Å². The molecule has 0 spiro atoms. The second-order valence-corrected chi connectivity index (χ2v) is 9.78. The molecule has 2 N–H and O–H groups in total. The van der Waals surface area contributed by atoms with E-state index in [0.717, 1.165) is 31.2 Å². The Morgan fingerprint density at radius 2 is 1.85 bits per heavy atom. The normalized spacial score (nSPS) is 20.0. The molecule has 0 heterocycles. The van der Waals surface area contributed by atoms with Gasteiger partial charge in [-0.15, -0.1) is 24.0 Å². The Hall–Kier alpha value is -0.900. The lowest BCUT2D eigenvalue weighted by atomic mass is 9.96. The Kier molecular flexibility index (Phi) is 6.58. The van der Waals surface area contributed by atoms with E-state index in [1.165, 1.54) is 12.3 Å². The first-order chi connectivity index (χ1) is 11.8. The summed E-state index contributed by atoms with van der Waals surface area (Å²) in [7, 11) is -1.27. The zero-order valence-corrected chi connectivity index (χ0v) is 18.4. The molecule has 2 saturated carbocycles. The van der Waals surface area contributed by atoms with E-state index in [9.17, 15) is 12.8 Å². The van der Waals surface area contributed by atoms with E-state index in [0.29, 0.717) is 19.0 Å². The molecule has 0 saturated heterocycles. The fourth-order valence-electron chi connectivity index (χ4n) is 3.39. The van der Waals surface area contributed by atoms with Crippen molar-refractivity contribution < 1.29 is 12.8 Å². The van der Waals surface area contributed by atoms with E-state index < -0.39 is 9.84 Å². The van der Waals surface area contributed by atoms with Crippen molar-refractivity contribution in [1.29, 1.82) is 0 Å². The highest BCUT2D eigenvalue weighted by Crippen LogP contribution is 2.48. The minimum Gasteiger partial charge on any atom is -0.356 e. The second-order valence-electron chi connectivity index (χ2n) is 7.64. The van der Waals surface area contributed by atoms with E-state index in [1.807, 2.05) is 6.07 Å². The zero-order valence-electron chi connectivity index (χ0n) is 15.2. The van der Waals surface area contributed by atoms with E-state index in [1.54, 1.807) is 19.2 Å². The number of aliphatic imine (C=N–C) groups is 1. The number of benzene rings is 1. The number of hydrogen-bond acceptors (Lipinski definition) is 3. The van der Waals surface area contributed by atoms with Gasteiger partial charge in [-0.05, 0) is 43.4 Å². The van der Waals surface area contributed by atoms with Crippen LogP contribution < -0.4 is 10.6 Å². The molecule has 5 nitrogen and oxygen atoms in total. The van der Waals surface area contributed by atoms with Gasteiger partial charge in [-0.25, -0.2) is 12.8 Å². The van der Waals surface area contributed by atoms with Crippen molar-refractivity contribution in [3.8, 4) is 0 Å². The molecule has 8 heteroatoms. The fourth-order valence-corrected chi connectivity index (χ4v) is 4.89. The predicted octanol–water partition coefficient (Wildman–Crippen LogP) is 2.47. The van der Waals surface area contributed by atoms with Gasteiger partial charge < -0.3 is 10.6 Å². The molecule has 0 unspecified atom stereocenters. The molecular formula is C18H27FIN3O2S. The molecule has 2 aliphatic carbocycles. The van der Waals surface area contributed by atoms with Crippen LogP contribution in [0.25, 0.3) is 0 Å². The van der Waals surface area contributed by atoms with Gasteiger partial charge in [0.15, 0.2) is 5.96 Å². The standard InChI is InChI=1S/C18H26FN3O2S.HI/c1-20-16(21-11-17(6-7-17)13-25(2,23)24)22-12-18(8-9-18)14-4-3-5-15(19)10-14;/h3-5,10H,6-9,11-13H2,1-2H3,(H2,20,21,22);1H. The van der Waals surface area contributed by atoms with Gasteiger partial charge >= 0.3 is 0 Å². The van der Waals surface area contributed by atoms with Gasteiger partial charge in [0.25, 0.3) is 0 Å². The summed E-state index contributed by atoms with van der Waals surface area (Å²) in [6, 6.07) is 6.79. The van der Waals surface area contributed by atoms with Crippen molar-refractivity contribution in [2.24, 2.45) is 10.4 Å². The predicted molar refractivity (Wildman–Crippen MR) is 113 cm³/mol. The maximum atomic E-state index is 13.5. The maximum absolute atomic E-state index is 13.5. The summed E-state index contributed by atoms with van der Waals surface area (Å²) in [5.41, 5.74) is 0.848. The summed E-state index contributed by atoms with van der Waals surface area (Å²) >= 11 is 0. The van der Waals surface area contributed by atoms with E-state index in [2.05, 4.69) is 15.6 Å². The summed E-state index contributed by atoms with van der Waals surface area (Å²) < 4.78 is 36.6. The Bertz CT molecular complexity index is 774. The first kappa shape index (κ1) is 21.4. The van der Waals surface area contributed by atoms with Crippen molar-refractivity contribution in [2.75, 3.05) is 32.1 Å². The number of guanidine groups is 1. The van der Waals surface area contributed by atoms with Crippen LogP contribution in [0.3, 0.4) is 0 Å². The summed E-state index contributed by atoms with van der Waals surface area (Å²) in [6.07, 6.45) is 5.20. The van der Waals surface area contributed by atoms with Crippen LogP contribution in [0.2, 0.25) is 0 Å². The molecule has 2 aliphatic rings. The van der Waals surface area contributed by atoms with Gasteiger partial charge in [0, 0.05) is 37.2 Å². The smallest absolute Gasteiger partial charge is 0.191 e. The third kappa shape index (κ3) is 5.55. The molecule has 0 aliphatic heterocycles. The van der Waals surface area contributed by atoms with Crippen LogP contribution in [0, 0.1) is 11.2 Å². The molecule has 0 bridgehead atoms. The maximum Gasteiger partial charge on any atom is 0.191 e. The lowest BCUT2D eigenvalue weighted by molar-refractivity contribution is 0.527. The van der Waals surface area contributed by atoms with Gasteiger partial charge in [-0.2, -0.15) is 0 Å². The largest absolute Gasteiger partial charge is 0.356 e. The molecule has 0 aromatic heterocycles. The average molecular weight is 495 g/mol. The topological polar surface area (TPSA) is 70.6 Å². The van der Waals surface area contributed by atoms with Crippen LogP contribution in [-0.2, 0) is 15.3 Å². The first-order valence-electron chi connectivity index (χ1n) is 8.64. The summed E-state index contributed by atoms with van der Waals surface area (Å²) in [5.74, 6) is 0.683. The van der Waals surface area contributed by atoms with Gasteiger partial charge in [0.05, 0.1) is 5.75 Å². The summed E-state index contributed by atoms with van der Waals surface area (Å²) in [6.45, 7) is 1.29. The molecule has 2 fully saturated rings. The molecule has 26 heavy (non-hydrogen) atoms. The number of hydrogen-bond donors (Lipinski definition) is 2. The Balaban J connectivity index is 0.00000243. The quantitative estimate of drug-likeness (QED) is 0.347. The minimum atomic E-state index is -2.98. The molecule has 146 valence electrons. The Morgan fingerprint density at radius 3 is 2.35 bits per heavy atom. The van der Waals surface area contributed by atoms with Gasteiger partial charge in [0.2, 0.25) is 0 Å². The molecular weight excluding hydrogens is 468 g/mol. The minimum absolute atomic E-state index is 0. The molecule has 3 rings (SSSR count). The van der Waals surface area contributed by atoms with Crippen LogP contribution >= 0.6 is 24.0 Å². The van der Waals surface area contributed by atoms with Crippen LogP contribution in [0.1, 0.15) is 31.2 Å². The van der Waals surface area contributed by atoms with Crippen LogP contribution in [0.15, 0.2) is 29.3 Å². The second kappa shape index (κ2) is 8.00. The number of rotatable bonds is 7. The lowest BCUT2D eigenvalue weighted by Gasteiger charge is -2.21. The van der Waals surface area contributed by atoms with Crippen LogP contribution in [-0.4, -0.2) is 46.5 Å². The third-order valence-electron chi connectivity index (χ3n) is 5.26. The molecule has 0 radical (unpaired) electrons. The first-order valence-corrected chi connectivity index (χ1v) is 10.7.